The fraction of sp³-hybridized carbons (Fsp3) is 0.625. The van der Waals surface area contributed by atoms with Crippen molar-refractivity contribution in [3.63, 3.8) is 0 Å². The van der Waals surface area contributed by atoms with Gasteiger partial charge in [0.25, 0.3) is 0 Å². The molecule has 0 spiro atoms. The van der Waals surface area contributed by atoms with Crippen LogP contribution in [-0.2, 0) is 19.0 Å². The minimum Gasteiger partial charge on any atom is -0.453 e. The predicted molar refractivity (Wildman–Crippen MR) is 81.1 cm³/mol. The molecule has 2 aliphatic rings. The van der Waals surface area contributed by atoms with Gasteiger partial charge in [-0.3, -0.25) is 0 Å². The van der Waals surface area contributed by atoms with E-state index in [1.807, 2.05) is 31.0 Å². The van der Waals surface area contributed by atoms with Gasteiger partial charge in [0.2, 0.25) is 0 Å². The largest absolute Gasteiger partial charge is 0.453 e. The van der Waals surface area contributed by atoms with Crippen LogP contribution in [0.5, 0.6) is 0 Å². The summed E-state index contributed by atoms with van der Waals surface area (Å²) in [5.74, 6) is -0.712. The fourth-order valence-electron chi connectivity index (χ4n) is 2.59. The van der Waals surface area contributed by atoms with Crippen LogP contribution in [0.25, 0.3) is 0 Å². The van der Waals surface area contributed by atoms with Crippen molar-refractivity contribution in [2.45, 2.75) is 38.3 Å². The highest BCUT2D eigenvalue weighted by atomic mass is 16.6. The van der Waals surface area contributed by atoms with E-state index < -0.39 is 30.4 Å². The Morgan fingerprint density at radius 3 is 2.70 bits per heavy atom. The molecule has 23 heavy (non-hydrogen) atoms. The molecule has 0 aromatic rings. The van der Waals surface area contributed by atoms with Crippen molar-refractivity contribution in [1.29, 1.82) is 5.26 Å². The number of carbonyl (C=O) groups is 1. The molecule has 0 aliphatic carbocycles. The van der Waals surface area contributed by atoms with Crippen molar-refractivity contribution in [2.24, 2.45) is 0 Å². The van der Waals surface area contributed by atoms with Gasteiger partial charge in [-0.15, -0.1) is 0 Å². The summed E-state index contributed by atoms with van der Waals surface area (Å²) in [6.45, 7) is 6.04. The standard InChI is InChI=1S/C16H22N2O5/c1-3-18(4-2)7-5-6-11(8-17)16(20)23-13-10-22-14-12(19)9-21-15(13)14/h5-7,12-15,19H,3-4,9-10H2,1-2H3. The third-order valence-corrected chi connectivity index (χ3v) is 3.95. The highest BCUT2D eigenvalue weighted by Gasteiger charge is 2.49. The average Bonchev–Trinajstić information content (AvgIpc) is 3.11. The summed E-state index contributed by atoms with van der Waals surface area (Å²) < 4.78 is 16.1. The summed E-state index contributed by atoms with van der Waals surface area (Å²) in [6.07, 6.45) is 2.65. The molecule has 2 aliphatic heterocycles. The van der Waals surface area contributed by atoms with Gasteiger partial charge in [0.05, 0.1) is 13.2 Å². The molecule has 2 fully saturated rings. The number of aliphatic hydroxyl groups excluding tert-OH is 1. The summed E-state index contributed by atoms with van der Waals surface area (Å²) in [5.41, 5.74) is -0.0876. The lowest BCUT2D eigenvalue weighted by molar-refractivity contribution is -0.148. The highest BCUT2D eigenvalue weighted by Crippen LogP contribution is 2.29. The van der Waals surface area contributed by atoms with Crippen molar-refractivity contribution in [1.82, 2.24) is 4.90 Å². The second kappa shape index (κ2) is 8.11. The van der Waals surface area contributed by atoms with Gasteiger partial charge in [-0.25, -0.2) is 4.79 Å². The van der Waals surface area contributed by atoms with Crippen LogP contribution < -0.4 is 0 Å². The minimum absolute atomic E-state index is 0.0876. The van der Waals surface area contributed by atoms with Gasteiger partial charge in [0, 0.05) is 13.1 Å². The first-order chi connectivity index (χ1) is 11.1. The molecule has 4 unspecified atom stereocenters. The molecule has 2 heterocycles. The SMILES string of the molecule is CCN(C=CC=C(C#N)C(=O)OC1COC2C(O)COC12)CC. The molecule has 0 aromatic heterocycles. The lowest BCUT2D eigenvalue weighted by Crippen LogP contribution is -2.34. The Bertz CT molecular complexity index is 521. The van der Waals surface area contributed by atoms with Crippen LogP contribution in [0.4, 0.5) is 0 Å². The maximum absolute atomic E-state index is 12.1. The van der Waals surface area contributed by atoms with Gasteiger partial charge in [0.1, 0.15) is 30.0 Å². The maximum Gasteiger partial charge on any atom is 0.349 e. The second-order valence-corrected chi connectivity index (χ2v) is 5.36. The third-order valence-electron chi connectivity index (χ3n) is 3.95. The van der Waals surface area contributed by atoms with E-state index in [0.717, 1.165) is 13.1 Å². The number of rotatable bonds is 6. The minimum atomic E-state index is -0.712. The number of hydrogen-bond acceptors (Lipinski definition) is 7. The van der Waals surface area contributed by atoms with Crippen LogP contribution in [0.2, 0.25) is 0 Å². The molecule has 0 aromatic carbocycles. The lowest BCUT2D eigenvalue weighted by Gasteiger charge is -2.16. The van der Waals surface area contributed by atoms with E-state index in [4.69, 9.17) is 19.5 Å². The van der Waals surface area contributed by atoms with Gasteiger partial charge < -0.3 is 24.2 Å². The van der Waals surface area contributed by atoms with Crippen LogP contribution >= 0.6 is 0 Å². The highest BCUT2D eigenvalue weighted by molar-refractivity contribution is 5.93. The van der Waals surface area contributed by atoms with Crippen LogP contribution in [0.15, 0.2) is 23.9 Å². The van der Waals surface area contributed by atoms with Crippen molar-refractivity contribution in [3.05, 3.63) is 23.9 Å². The van der Waals surface area contributed by atoms with E-state index in [2.05, 4.69) is 0 Å². The number of aliphatic hydroxyl groups is 1. The molecule has 7 heteroatoms. The molecule has 7 nitrogen and oxygen atoms in total. The van der Waals surface area contributed by atoms with Crippen LogP contribution in [0, 0.1) is 11.3 Å². The van der Waals surface area contributed by atoms with E-state index in [9.17, 15) is 9.90 Å². The Labute approximate surface area is 135 Å². The Morgan fingerprint density at radius 2 is 2.04 bits per heavy atom. The van der Waals surface area contributed by atoms with E-state index in [0.29, 0.717) is 0 Å². The number of fused-ring (bicyclic) bond motifs is 1. The van der Waals surface area contributed by atoms with Gasteiger partial charge in [0.15, 0.2) is 6.10 Å². The molecule has 0 amide bonds. The van der Waals surface area contributed by atoms with Crippen LogP contribution in [0.1, 0.15) is 13.8 Å². The van der Waals surface area contributed by atoms with E-state index in [1.54, 1.807) is 6.08 Å². The zero-order valence-corrected chi connectivity index (χ0v) is 13.3. The molecule has 0 bridgehead atoms. The summed E-state index contributed by atoms with van der Waals surface area (Å²) in [5, 5.41) is 18.8. The molecule has 1 N–H and O–H groups in total. The van der Waals surface area contributed by atoms with Crippen molar-refractivity contribution >= 4 is 5.97 Å². The summed E-state index contributed by atoms with van der Waals surface area (Å²) in [7, 11) is 0. The van der Waals surface area contributed by atoms with E-state index >= 15 is 0 Å². The smallest absolute Gasteiger partial charge is 0.349 e. The molecule has 2 saturated heterocycles. The van der Waals surface area contributed by atoms with Crippen LogP contribution in [0.3, 0.4) is 0 Å². The first-order valence-corrected chi connectivity index (χ1v) is 7.75. The Balaban J connectivity index is 1.94. The topological polar surface area (TPSA) is 92.0 Å². The Morgan fingerprint density at radius 1 is 1.35 bits per heavy atom. The van der Waals surface area contributed by atoms with Gasteiger partial charge in [-0.05, 0) is 32.2 Å². The summed E-state index contributed by atoms with van der Waals surface area (Å²) in [6, 6.07) is 1.84. The Kier molecular flexibility index (Phi) is 6.16. The number of hydrogen-bond donors (Lipinski definition) is 1. The Hall–Kier alpha value is -1.88. The molecule has 4 atom stereocenters. The van der Waals surface area contributed by atoms with Crippen molar-refractivity contribution < 1.29 is 24.1 Å². The van der Waals surface area contributed by atoms with Gasteiger partial charge >= 0.3 is 5.97 Å². The molecule has 0 saturated carbocycles. The average molecular weight is 322 g/mol. The number of nitriles is 1. The lowest BCUT2D eigenvalue weighted by atomic mass is 10.1. The normalized spacial score (nSPS) is 30.3. The summed E-state index contributed by atoms with van der Waals surface area (Å²) >= 11 is 0. The maximum atomic E-state index is 12.1. The predicted octanol–water partition coefficient (Wildman–Crippen LogP) is 0.362. The number of nitrogens with zero attached hydrogens (tertiary/aromatic N) is 2. The second-order valence-electron chi connectivity index (χ2n) is 5.36. The first-order valence-electron chi connectivity index (χ1n) is 7.75. The molecule has 0 radical (unpaired) electrons. The van der Waals surface area contributed by atoms with Crippen molar-refractivity contribution in [2.75, 3.05) is 26.3 Å². The number of carbonyl (C=O) groups excluding carboxylic acids is 1. The molecular weight excluding hydrogens is 300 g/mol. The van der Waals surface area contributed by atoms with Gasteiger partial charge in [-0.2, -0.15) is 5.26 Å². The van der Waals surface area contributed by atoms with Crippen LogP contribution in [-0.4, -0.2) is 66.7 Å². The van der Waals surface area contributed by atoms with Gasteiger partial charge in [-0.1, -0.05) is 0 Å². The molecular formula is C16H22N2O5. The zero-order chi connectivity index (χ0) is 16.8. The number of ether oxygens (including phenoxy) is 3. The molecule has 126 valence electrons. The quantitative estimate of drug-likeness (QED) is 0.327. The fourth-order valence-corrected chi connectivity index (χ4v) is 2.59. The first kappa shape index (κ1) is 17.5. The van der Waals surface area contributed by atoms with E-state index in [-0.39, 0.29) is 18.8 Å². The molecule has 2 rings (SSSR count). The van der Waals surface area contributed by atoms with E-state index in [1.165, 1.54) is 6.08 Å². The summed E-state index contributed by atoms with van der Waals surface area (Å²) in [4.78, 5) is 14.1. The number of allylic oxidation sites excluding steroid dienone is 2. The third kappa shape index (κ3) is 4.10. The van der Waals surface area contributed by atoms with Crippen molar-refractivity contribution in [3.8, 4) is 6.07 Å². The number of esters is 1. The monoisotopic (exact) mass is 322 g/mol. The zero-order valence-electron chi connectivity index (χ0n) is 13.3.